The summed E-state index contributed by atoms with van der Waals surface area (Å²) >= 11 is 0. The Morgan fingerprint density at radius 3 is 2.56 bits per heavy atom. The highest BCUT2D eigenvalue weighted by molar-refractivity contribution is 5.51. The highest BCUT2D eigenvalue weighted by Crippen LogP contribution is 2.20. The van der Waals surface area contributed by atoms with Gasteiger partial charge in [0.15, 0.2) is 0 Å². The van der Waals surface area contributed by atoms with Crippen LogP contribution in [0.15, 0.2) is 36.4 Å². The van der Waals surface area contributed by atoms with Crippen molar-refractivity contribution in [3.05, 3.63) is 46.8 Å². The van der Waals surface area contributed by atoms with Gasteiger partial charge in [0.2, 0.25) is 0 Å². The maximum absolute atomic E-state index is 4.46. The molecule has 0 unspecified atom stereocenters. The molecule has 0 amide bonds. The maximum Gasteiger partial charge on any atom is 0.303 e. The predicted octanol–water partition coefficient (Wildman–Crippen LogP) is 4.37. The van der Waals surface area contributed by atoms with Crippen molar-refractivity contribution < 1.29 is 0 Å². The molecule has 1 heteroatoms. The average Bonchev–Trinajstić information content (AvgIpc) is 2.37. The first kappa shape index (κ1) is 11.0. The molecular formula is C15H18N+. The second-order valence-electron chi connectivity index (χ2n) is 4.29. The Balaban J connectivity index is 1.86. The minimum Gasteiger partial charge on any atom is -0.0754 e. The molecule has 0 aromatic heterocycles. The number of benzene rings is 1. The van der Waals surface area contributed by atoms with Gasteiger partial charge < -0.3 is 0 Å². The standard InChI is InChI=1S/C15H18N/c1-3-8-14(9-4-1)10-7-13-16-15-11-5-2-6-12-15/h1,3-4,7-10,15H,2,5-6,11-12H2/q+1/b10-7+. The smallest absolute Gasteiger partial charge is 0.0754 e. The van der Waals surface area contributed by atoms with Crippen LogP contribution in [0.3, 0.4) is 0 Å². The summed E-state index contributed by atoms with van der Waals surface area (Å²) < 4.78 is 0. The van der Waals surface area contributed by atoms with Crippen molar-refractivity contribution in [2.24, 2.45) is 0 Å². The molecule has 1 aromatic rings. The van der Waals surface area contributed by atoms with Gasteiger partial charge in [-0.3, -0.25) is 0 Å². The number of hydrogen-bond acceptors (Lipinski definition) is 0. The van der Waals surface area contributed by atoms with E-state index in [9.17, 15) is 0 Å². The minimum atomic E-state index is 0.522. The van der Waals surface area contributed by atoms with Gasteiger partial charge in [-0.2, -0.15) is 0 Å². The van der Waals surface area contributed by atoms with Crippen LogP contribution in [0.1, 0.15) is 37.7 Å². The van der Waals surface area contributed by atoms with E-state index < -0.39 is 0 Å². The van der Waals surface area contributed by atoms with Crippen LogP contribution in [0, 0.1) is 6.07 Å². The van der Waals surface area contributed by atoms with Crippen LogP contribution < -0.4 is 0 Å². The van der Waals surface area contributed by atoms with Crippen LogP contribution in [0.5, 0.6) is 0 Å². The van der Waals surface area contributed by atoms with Gasteiger partial charge in [0.1, 0.15) is 0 Å². The first-order chi connectivity index (χ1) is 7.95. The molecule has 16 heavy (non-hydrogen) atoms. The zero-order valence-electron chi connectivity index (χ0n) is 9.60. The molecule has 0 spiro atoms. The van der Waals surface area contributed by atoms with Crippen molar-refractivity contribution in [2.45, 2.75) is 38.1 Å². The highest BCUT2D eigenvalue weighted by atomic mass is 14.7. The van der Waals surface area contributed by atoms with Crippen LogP contribution in [0.25, 0.3) is 10.9 Å². The first-order valence-corrected chi connectivity index (χ1v) is 6.12. The average molecular weight is 212 g/mol. The second kappa shape index (κ2) is 6.12. The second-order valence-corrected chi connectivity index (χ2v) is 4.29. The highest BCUT2D eigenvalue weighted by Gasteiger charge is 2.19. The fourth-order valence-electron chi connectivity index (χ4n) is 2.06. The van der Waals surface area contributed by atoms with Gasteiger partial charge in [-0.25, -0.2) is 0 Å². The van der Waals surface area contributed by atoms with E-state index in [1.54, 1.807) is 0 Å². The Hall–Kier alpha value is -1.55. The van der Waals surface area contributed by atoms with E-state index in [0.717, 1.165) is 0 Å². The number of nitrogens with zero attached hydrogens (tertiary/aromatic N) is 1. The van der Waals surface area contributed by atoms with Gasteiger partial charge in [0.25, 0.3) is 6.04 Å². The lowest BCUT2D eigenvalue weighted by Gasteiger charge is -2.07. The molecule has 1 aliphatic rings. The van der Waals surface area contributed by atoms with E-state index in [0.29, 0.717) is 6.04 Å². The van der Waals surface area contributed by atoms with E-state index in [1.807, 2.05) is 30.4 Å². The van der Waals surface area contributed by atoms with E-state index in [-0.39, 0.29) is 0 Å². The quantitative estimate of drug-likeness (QED) is 0.609. The summed E-state index contributed by atoms with van der Waals surface area (Å²) in [5, 5.41) is 0. The number of allylic oxidation sites excluding steroid dienone is 1. The fraction of sp³-hybridized carbons (Fsp3) is 0.400. The van der Waals surface area contributed by atoms with E-state index in [4.69, 9.17) is 0 Å². The maximum atomic E-state index is 4.46. The Morgan fingerprint density at radius 1 is 1.06 bits per heavy atom. The molecular weight excluding hydrogens is 194 g/mol. The monoisotopic (exact) mass is 212 g/mol. The molecule has 0 atom stereocenters. The summed E-state index contributed by atoms with van der Waals surface area (Å²) in [6, 6.07) is 13.8. The minimum absolute atomic E-state index is 0.522. The molecule has 0 heterocycles. The fourth-order valence-corrected chi connectivity index (χ4v) is 2.06. The van der Waals surface area contributed by atoms with E-state index in [2.05, 4.69) is 23.0 Å². The summed E-state index contributed by atoms with van der Waals surface area (Å²) in [6.07, 6.45) is 10.5. The normalized spacial score (nSPS) is 17.0. The van der Waals surface area contributed by atoms with Crippen molar-refractivity contribution in [3.63, 3.8) is 0 Å². The molecule has 1 saturated carbocycles. The van der Waals surface area contributed by atoms with Gasteiger partial charge in [0, 0.05) is 12.8 Å². The lowest BCUT2D eigenvalue weighted by Crippen LogP contribution is -2.06. The van der Waals surface area contributed by atoms with Crippen molar-refractivity contribution in [1.29, 1.82) is 0 Å². The molecule has 1 aromatic carbocycles. The zero-order chi connectivity index (χ0) is 11.1. The summed E-state index contributed by atoms with van der Waals surface area (Å²) in [5.41, 5.74) is 1.20. The van der Waals surface area contributed by atoms with Crippen molar-refractivity contribution in [3.8, 4) is 6.07 Å². The van der Waals surface area contributed by atoms with Crippen LogP contribution >= 0.6 is 0 Å². The molecule has 0 N–H and O–H groups in total. The van der Waals surface area contributed by atoms with Crippen molar-refractivity contribution >= 4 is 6.08 Å². The molecule has 1 aliphatic carbocycles. The van der Waals surface area contributed by atoms with Crippen LogP contribution in [0.4, 0.5) is 0 Å². The summed E-state index contributed by atoms with van der Waals surface area (Å²) in [4.78, 5) is 4.46. The lowest BCUT2D eigenvalue weighted by molar-refractivity contribution is 0.480. The Kier molecular flexibility index (Phi) is 4.19. The summed E-state index contributed by atoms with van der Waals surface area (Å²) in [5.74, 6) is 0. The molecule has 1 fully saturated rings. The molecule has 2 rings (SSSR count). The lowest BCUT2D eigenvalue weighted by atomic mass is 9.96. The first-order valence-electron chi connectivity index (χ1n) is 6.12. The number of rotatable bonds is 1. The zero-order valence-corrected chi connectivity index (χ0v) is 9.60. The Bertz CT molecular complexity index is 388. The van der Waals surface area contributed by atoms with Gasteiger partial charge in [0.05, 0.1) is 6.08 Å². The van der Waals surface area contributed by atoms with E-state index in [1.165, 1.54) is 37.7 Å². The van der Waals surface area contributed by atoms with Gasteiger partial charge >= 0.3 is 6.07 Å². The van der Waals surface area contributed by atoms with Gasteiger partial charge in [-0.05, 0) is 24.5 Å². The topological polar surface area (TPSA) is 4.36 Å². The van der Waals surface area contributed by atoms with Crippen LogP contribution in [-0.2, 0) is 0 Å². The number of hydrogen-bond donors (Lipinski definition) is 0. The molecule has 0 bridgehead atoms. The Labute approximate surface area is 97.6 Å². The summed E-state index contributed by atoms with van der Waals surface area (Å²) in [7, 11) is 0. The van der Waals surface area contributed by atoms with Crippen molar-refractivity contribution in [1.82, 2.24) is 0 Å². The summed E-state index contributed by atoms with van der Waals surface area (Å²) in [6.45, 7) is 0. The predicted molar refractivity (Wildman–Crippen MR) is 69.6 cm³/mol. The molecule has 0 radical (unpaired) electrons. The SMILES string of the molecule is C(/C=C/c1ccccc1)#[N+]C1CCCCC1. The van der Waals surface area contributed by atoms with E-state index >= 15 is 0 Å². The van der Waals surface area contributed by atoms with Gasteiger partial charge in [-0.15, -0.1) is 0 Å². The molecule has 82 valence electrons. The Morgan fingerprint density at radius 2 is 1.81 bits per heavy atom. The molecule has 1 nitrogen and oxygen atoms in total. The largest absolute Gasteiger partial charge is 0.303 e. The van der Waals surface area contributed by atoms with Crippen LogP contribution in [0.2, 0.25) is 0 Å². The third-order valence-electron chi connectivity index (χ3n) is 2.98. The molecule has 0 aliphatic heterocycles. The third-order valence-corrected chi connectivity index (χ3v) is 2.98. The van der Waals surface area contributed by atoms with Crippen LogP contribution in [-0.4, -0.2) is 6.04 Å². The van der Waals surface area contributed by atoms with Crippen molar-refractivity contribution in [2.75, 3.05) is 0 Å². The third kappa shape index (κ3) is 3.55. The van der Waals surface area contributed by atoms with Gasteiger partial charge in [-0.1, -0.05) is 41.6 Å². The molecule has 0 saturated heterocycles.